The van der Waals surface area contributed by atoms with Crippen molar-refractivity contribution in [2.45, 2.75) is 6.04 Å². The monoisotopic (exact) mass is 778 g/mol. The third-order valence-electron chi connectivity index (χ3n) is 12.0. The Hall–Kier alpha value is -7.94. The zero-order valence-corrected chi connectivity index (χ0v) is 33.6. The lowest BCUT2D eigenvalue weighted by molar-refractivity contribution is 1.02. The van der Waals surface area contributed by atoms with Gasteiger partial charge in [-0.2, -0.15) is 0 Å². The molecule has 0 radical (unpaired) electrons. The SMILES string of the molecule is C1=c2ccccc2=c2ccccc2=CC1N(c1ccccc1)c1ccc(-c2cccc(-c3ccc(N(c4ccccc4)c4cc5ccccc5c5ccccc45)cc3)c2)cc1. The number of benzene rings is 10. The van der Waals surface area contributed by atoms with Gasteiger partial charge >= 0.3 is 0 Å². The smallest absolute Gasteiger partial charge is 0.0724 e. The third-order valence-corrected chi connectivity index (χ3v) is 12.0. The molecular weight excluding hydrogens is 737 g/mol. The Morgan fingerprint density at radius 1 is 0.295 bits per heavy atom. The molecule has 0 aromatic heterocycles. The first-order chi connectivity index (χ1) is 30.2. The molecule has 1 aliphatic carbocycles. The first kappa shape index (κ1) is 36.2. The fraction of sp³-hybridized carbons (Fsp3) is 0.0169. The molecule has 1 aliphatic rings. The maximum absolute atomic E-state index is 2.44. The van der Waals surface area contributed by atoms with Crippen LogP contribution in [0, 0.1) is 10.4 Å². The zero-order valence-electron chi connectivity index (χ0n) is 33.6. The van der Waals surface area contributed by atoms with Crippen LogP contribution in [-0.2, 0) is 0 Å². The van der Waals surface area contributed by atoms with Crippen LogP contribution < -0.4 is 20.2 Å². The summed E-state index contributed by atoms with van der Waals surface area (Å²) in [6.07, 6.45) is 4.79. The van der Waals surface area contributed by atoms with Crippen LogP contribution in [0.25, 0.3) is 56.0 Å². The van der Waals surface area contributed by atoms with Crippen molar-refractivity contribution >= 4 is 62.1 Å². The van der Waals surface area contributed by atoms with Crippen LogP contribution >= 0.6 is 0 Å². The van der Waals surface area contributed by atoms with Gasteiger partial charge in [-0.25, -0.2) is 0 Å². The first-order valence-corrected chi connectivity index (χ1v) is 21.0. The zero-order chi connectivity index (χ0) is 40.5. The second kappa shape index (κ2) is 15.7. The van der Waals surface area contributed by atoms with Gasteiger partial charge in [0.15, 0.2) is 0 Å². The number of hydrogen-bond donors (Lipinski definition) is 0. The first-order valence-electron chi connectivity index (χ1n) is 21.0. The number of anilines is 5. The molecule has 0 unspecified atom stereocenters. The second-order valence-corrected chi connectivity index (χ2v) is 15.7. The van der Waals surface area contributed by atoms with E-state index >= 15 is 0 Å². The molecule has 11 rings (SSSR count). The van der Waals surface area contributed by atoms with Gasteiger partial charge < -0.3 is 9.80 Å². The molecule has 2 nitrogen and oxygen atoms in total. The van der Waals surface area contributed by atoms with Crippen LogP contribution in [0.15, 0.2) is 237 Å². The molecule has 288 valence electrons. The van der Waals surface area contributed by atoms with E-state index in [1.54, 1.807) is 0 Å². The summed E-state index contributed by atoms with van der Waals surface area (Å²) >= 11 is 0. The molecule has 0 heterocycles. The van der Waals surface area contributed by atoms with Crippen LogP contribution in [0.5, 0.6) is 0 Å². The minimum absolute atomic E-state index is 0.00197. The lowest BCUT2D eigenvalue weighted by Gasteiger charge is -2.30. The summed E-state index contributed by atoms with van der Waals surface area (Å²) < 4.78 is 0. The molecule has 2 heteroatoms. The highest BCUT2D eigenvalue weighted by molar-refractivity contribution is 6.14. The van der Waals surface area contributed by atoms with E-state index in [1.165, 1.54) is 64.7 Å². The summed E-state index contributed by atoms with van der Waals surface area (Å²) in [5.41, 5.74) is 10.4. The Labute approximate surface area is 356 Å². The molecule has 61 heavy (non-hydrogen) atoms. The maximum Gasteiger partial charge on any atom is 0.0724 e. The van der Waals surface area contributed by atoms with Crippen LogP contribution in [-0.4, -0.2) is 6.04 Å². The fourth-order valence-corrected chi connectivity index (χ4v) is 9.14. The summed E-state index contributed by atoms with van der Waals surface area (Å²) in [5, 5.41) is 9.98. The lowest BCUT2D eigenvalue weighted by Crippen LogP contribution is -2.30. The molecule has 10 aromatic carbocycles. The average molecular weight is 779 g/mol. The molecule has 0 spiro atoms. The summed E-state index contributed by atoms with van der Waals surface area (Å²) in [4.78, 5) is 4.83. The van der Waals surface area contributed by atoms with Crippen molar-refractivity contribution in [1.82, 2.24) is 0 Å². The van der Waals surface area contributed by atoms with Gasteiger partial charge in [0, 0.05) is 28.1 Å². The Morgan fingerprint density at radius 3 is 1.38 bits per heavy atom. The van der Waals surface area contributed by atoms with Gasteiger partial charge in [-0.1, -0.05) is 176 Å². The van der Waals surface area contributed by atoms with E-state index in [1.807, 2.05) is 0 Å². The highest BCUT2D eigenvalue weighted by Gasteiger charge is 2.20. The van der Waals surface area contributed by atoms with E-state index in [0.717, 1.165) is 28.4 Å². The maximum atomic E-state index is 2.44. The normalized spacial score (nSPS) is 12.1. The molecular formula is C59H42N2. The topological polar surface area (TPSA) is 6.48 Å². The summed E-state index contributed by atoms with van der Waals surface area (Å²) in [5.74, 6) is 0. The molecule has 0 saturated carbocycles. The highest BCUT2D eigenvalue weighted by atomic mass is 15.2. The van der Waals surface area contributed by atoms with Crippen molar-refractivity contribution in [2.24, 2.45) is 0 Å². The van der Waals surface area contributed by atoms with Gasteiger partial charge in [-0.15, -0.1) is 0 Å². The van der Waals surface area contributed by atoms with Crippen molar-refractivity contribution in [2.75, 3.05) is 9.80 Å². The second-order valence-electron chi connectivity index (χ2n) is 15.7. The number of fused-ring (bicyclic) bond motifs is 5. The Bertz CT molecular complexity index is 3350. The Balaban J connectivity index is 0.937. The van der Waals surface area contributed by atoms with Gasteiger partial charge in [0.25, 0.3) is 0 Å². The van der Waals surface area contributed by atoms with E-state index in [-0.39, 0.29) is 6.04 Å². The summed E-state index contributed by atoms with van der Waals surface area (Å²) in [7, 11) is 0. The van der Waals surface area contributed by atoms with Crippen LogP contribution in [0.1, 0.15) is 0 Å². The number of hydrogen-bond acceptors (Lipinski definition) is 2. The quantitative estimate of drug-likeness (QED) is 0.142. The number of rotatable bonds is 8. The van der Waals surface area contributed by atoms with Crippen molar-refractivity contribution in [1.29, 1.82) is 0 Å². The Morgan fingerprint density at radius 2 is 0.754 bits per heavy atom. The van der Waals surface area contributed by atoms with Gasteiger partial charge in [-0.05, 0) is 132 Å². The van der Waals surface area contributed by atoms with E-state index in [2.05, 4.69) is 259 Å². The van der Waals surface area contributed by atoms with Gasteiger partial charge in [0.1, 0.15) is 0 Å². The van der Waals surface area contributed by atoms with E-state index in [0.29, 0.717) is 0 Å². The van der Waals surface area contributed by atoms with Gasteiger partial charge in [0.2, 0.25) is 0 Å². The van der Waals surface area contributed by atoms with Crippen LogP contribution in [0.3, 0.4) is 0 Å². The van der Waals surface area contributed by atoms with Crippen molar-refractivity contribution in [3.8, 4) is 22.3 Å². The molecule has 10 aromatic rings. The van der Waals surface area contributed by atoms with Gasteiger partial charge in [0.05, 0.1) is 11.7 Å². The minimum atomic E-state index is 0.00197. The predicted molar refractivity (Wildman–Crippen MR) is 258 cm³/mol. The predicted octanol–water partition coefficient (Wildman–Crippen LogP) is 13.9. The third kappa shape index (κ3) is 6.84. The number of nitrogens with zero attached hydrogens (tertiary/aromatic N) is 2. The average Bonchev–Trinajstić information content (AvgIpc) is 3.50. The van der Waals surface area contributed by atoms with Crippen LogP contribution in [0.4, 0.5) is 28.4 Å². The molecule has 0 saturated heterocycles. The summed E-state index contributed by atoms with van der Waals surface area (Å²) in [6, 6.07) is 85.7. The standard InChI is InChI=1S/C59H42N2/c1-3-21-49(22-4-1)60(53-39-46-16-7-10-25-54(46)55-26-11-8-17-47(55)40-53)51-34-30-42(31-35-51)44-19-15-20-45(38-44)43-32-36-52(37-33-43)61(50-23-5-2-6-24-50)59-41-48-18-9-12-27-56(48)57-28-13-14-29-58(57)59/h1-41,53H. The lowest BCUT2D eigenvalue weighted by atomic mass is 9.97. The largest absolute Gasteiger partial charge is 0.331 e. The highest BCUT2D eigenvalue weighted by Crippen LogP contribution is 2.42. The molecule has 0 N–H and O–H groups in total. The molecule has 0 fully saturated rings. The molecule has 0 amide bonds. The molecule has 0 bridgehead atoms. The van der Waals surface area contributed by atoms with Crippen LogP contribution in [0.2, 0.25) is 0 Å². The van der Waals surface area contributed by atoms with E-state index < -0.39 is 0 Å². The van der Waals surface area contributed by atoms with Crippen molar-refractivity contribution in [3.05, 3.63) is 257 Å². The minimum Gasteiger partial charge on any atom is -0.331 e. The van der Waals surface area contributed by atoms with Crippen molar-refractivity contribution in [3.63, 3.8) is 0 Å². The van der Waals surface area contributed by atoms with E-state index in [4.69, 9.17) is 0 Å². The van der Waals surface area contributed by atoms with Gasteiger partial charge in [-0.3, -0.25) is 0 Å². The van der Waals surface area contributed by atoms with E-state index in [9.17, 15) is 0 Å². The number of para-hydroxylation sites is 2. The molecule has 0 atom stereocenters. The van der Waals surface area contributed by atoms with Crippen molar-refractivity contribution < 1.29 is 0 Å². The fourth-order valence-electron chi connectivity index (χ4n) is 9.14. The Kier molecular flexibility index (Phi) is 9.29. The molecule has 0 aliphatic heterocycles. The summed E-state index contributed by atoms with van der Waals surface area (Å²) in [6.45, 7) is 0.